The Morgan fingerprint density at radius 1 is 1.47 bits per heavy atom. The highest BCUT2D eigenvalue weighted by molar-refractivity contribution is 5.74. The van der Waals surface area contributed by atoms with E-state index in [1.54, 1.807) is 6.07 Å². The van der Waals surface area contributed by atoms with E-state index in [0.29, 0.717) is 5.56 Å². The lowest BCUT2D eigenvalue weighted by molar-refractivity contribution is -0.146. The third-order valence-corrected chi connectivity index (χ3v) is 2.59. The molecule has 0 heterocycles. The smallest absolute Gasteiger partial charge is 0.337 e. The van der Waals surface area contributed by atoms with Crippen LogP contribution in [0.25, 0.3) is 0 Å². The van der Waals surface area contributed by atoms with E-state index in [2.05, 4.69) is 0 Å². The predicted octanol–water partition coefficient (Wildman–Crippen LogP) is 1.82. The van der Waals surface area contributed by atoms with Crippen LogP contribution in [-0.4, -0.2) is 16.2 Å². The molecule has 0 amide bonds. The molecule has 2 N–H and O–H groups in total. The number of aliphatic carboxylic acids is 1. The first-order valence-electron chi connectivity index (χ1n) is 4.80. The molecule has 3 nitrogen and oxygen atoms in total. The van der Waals surface area contributed by atoms with Crippen LogP contribution in [0.5, 0.6) is 0 Å². The van der Waals surface area contributed by atoms with E-state index >= 15 is 0 Å². The first-order valence-corrected chi connectivity index (χ1v) is 4.80. The molecular weight excluding hydrogens is 199 g/mol. The lowest BCUT2D eigenvalue weighted by Gasteiger charge is -2.07. The van der Waals surface area contributed by atoms with Crippen molar-refractivity contribution in [3.8, 4) is 0 Å². The van der Waals surface area contributed by atoms with Gasteiger partial charge in [-0.25, -0.2) is 9.18 Å². The Hall–Kier alpha value is -1.42. The second-order valence-corrected chi connectivity index (χ2v) is 3.80. The fourth-order valence-electron chi connectivity index (χ4n) is 1.58. The van der Waals surface area contributed by atoms with Gasteiger partial charge in [0.2, 0.25) is 0 Å². The zero-order chi connectivity index (χ0) is 11.0. The second kappa shape index (κ2) is 3.62. The van der Waals surface area contributed by atoms with Gasteiger partial charge in [-0.3, -0.25) is 0 Å². The minimum Gasteiger partial charge on any atom is -0.479 e. The molecule has 0 aromatic heterocycles. The van der Waals surface area contributed by atoms with Crippen LogP contribution < -0.4 is 0 Å². The number of carboxylic acid groups (broad SMARTS) is 1. The second-order valence-electron chi connectivity index (χ2n) is 3.80. The van der Waals surface area contributed by atoms with Gasteiger partial charge < -0.3 is 10.2 Å². The Balaban J connectivity index is 2.28. The van der Waals surface area contributed by atoms with Crippen molar-refractivity contribution in [1.29, 1.82) is 0 Å². The Morgan fingerprint density at radius 2 is 2.13 bits per heavy atom. The summed E-state index contributed by atoms with van der Waals surface area (Å²) in [4.78, 5) is 10.5. The van der Waals surface area contributed by atoms with Crippen molar-refractivity contribution >= 4 is 5.97 Å². The molecular formula is C11H11FO3. The molecule has 0 aliphatic heterocycles. The first-order chi connectivity index (χ1) is 7.09. The molecule has 1 fully saturated rings. The summed E-state index contributed by atoms with van der Waals surface area (Å²) in [6.07, 6.45) is 0.322. The molecule has 15 heavy (non-hydrogen) atoms. The average molecular weight is 210 g/mol. The average Bonchev–Trinajstić information content (AvgIpc) is 3.00. The van der Waals surface area contributed by atoms with Gasteiger partial charge in [0.1, 0.15) is 5.82 Å². The summed E-state index contributed by atoms with van der Waals surface area (Å²) in [5, 5.41) is 17.7. The lowest BCUT2D eigenvalue weighted by Crippen LogP contribution is -2.10. The standard InChI is InChI=1S/C11H11FO3/c12-9-5-7(10(13)11(14)15)3-4-8(9)6-1-2-6/h3-6,10,13H,1-2H2,(H,14,15). The van der Waals surface area contributed by atoms with Crippen molar-refractivity contribution in [3.05, 3.63) is 35.1 Å². The monoisotopic (exact) mass is 210 g/mol. The summed E-state index contributed by atoms with van der Waals surface area (Å²) in [5.41, 5.74) is 0.709. The van der Waals surface area contributed by atoms with Crippen molar-refractivity contribution in [1.82, 2.24) is 0 Å². The highest BCUT2D eigenvalue weighted by Gasteiger charge is 2.27. The maximum absolute atomic E-state index is 13.5. The van der Waals surface area contributed by atoms with Crippen LogP contribution in [0.3, 0.4) is 0 Å². The highest BCUT2D eigenvalue weighted by Crippen LogP contribution is 2.41. The number of halogens is 1. The summed E-state index contributed by atoms with van der Waals surface area (Å²) >= 11 is 0. The van der Waals surface area contributed by atoms with Gasteiger partial charge in [0.05, 0.1) is 0 Å². The lowest BCUT2D eigenvalue weighted by atomic mass is 10.0. The molecule has 1 aromatic carbocycles. The maximum atomic E-state index is 13.5. The summed E-state index contributed by atoms with van der Waals surface area (Å²) in [5.74, 6) is -1.51. The third kappa shape index (κ3) is 1.99. The van der Waals surface area contributed by atoms with Crippen LogP contribution in [0.15, 0.2) is 18.2 Å². The van der Waals surface area contributed by atoms with Crippen LogP contribution in [0, 0.1) is 5.82 Å². The molecule has 1 aliphatic rings. The minimum atomic E-state index is -1.65. The van der Waals surface area contributed by atoms with Gasteiger partial charge in [-0.1, -0.05) is 12.1 Å². The SMILES string of the molecule is O=C(O)C(O)c1ccc(C2CC2)c(F)c1. The molecule has 0 radical (unpaired) electrons. The molecule has 2 rings (SSSR count). The third-order valence-electron chi connectivity index (χ3n) is 2.59. The summed E-state index contributed by atoms with van der Waals surface area (Å²) in [6, 6.07) is 4.14. The van der Waals surface area contributed by atoms with E-state index in [-0.39, 0.29) is 11.5 Å². The maximum Gasteiger partial charge on any atom is 0.337 e. The number of hydrogen-bond acceptors (Lipinski definition) is 2. The fourth-order valence-corrected chi connectivity index (χ4v) is 1.58. The number of hydrogen-bond donors (Lipinski definition) is 2. The van der Waals surface area contributed by atoms with E-state index < -0.39 is 17.9 Å². The number of benzene rings is 1. The largest absolute Gasteiger partial charge is 0.479 e. The van der Waals surface area contributed by atoms with Gasteiger partial charge in [-0.05, 0) is 36.0 Å². The van der Waals surface area contributed by atoms with Gasteiger partial charge in [0.15, 0.2) is 6.10 Å². The molecule has 0 bridgehead atoms. The van der Waals surface area contributed by atoms with Crippen LogP contribution in [0.2, 0.25) is 0 Å². The Kier molecular flexibility index (Phi) is 2.44. The highest BCUT2D eigenvalue weighted by atomic mass is 19.1. The normalized spacial score (nSPS) is 17.5. The Labute approximate surface area is 86.2 Å². The molecule has 4 heteroatoms. The van der Waals surface area contributed by atoms with Gasteiger partial charge in [0, 0.05) is 0 Å². The number of carboxylic acids is 1. The molecule has 1 aliphatic carbocycles. The topological polar surface area (TPSA) is 57.5 Å². The Bertz CT molecular complexity index is 399. The zero-order valence-electron chi connectivity index (χ0n) is 7.98. The van der Waals surface area contributed by atoms with Gasteiger partial charge in [0.25, 0.3) is 0 Å². The fraction of sp³-hybridized carbons (Fsp3) is 0.364. The number of aliphatic hydroxyl groups is 1. The van der Waals surface area contributed by atoms with Crippen LogP contribution in [0.4, 0.5) is 4.39 Å². The van der Waals surface area contributed by atoms with E-state index in [0.717, 1.165) is 18.9 Å². The molecule has 1 atom stereocenters. The molecule has 0 saturated heterocycles. The molecule has 1 saturated carbocycles. The van der Waals surface area contributed by atoms with Crippen molar-refractivity contribution in [3.63, 3.8) is 0 Å². The summed E-state index contributed by atoms with van der Waals surface area (Å²) in [7, 11) is 0. The molecule has 1 unspecified atom stereocenters. The minimum absolute atomic E-state index is 0.0874. The number of carbonyl (C=O) groups is 1. The number of aliphatic hydroxyl groups excluding tert-OH is 1. The van der Waals surface area contributed by atoms with E-state index in [1.807, 2.05) is 0 Å². The van der Waals surface area contributed by atoms with E-state index in [1.165, 1.54) is 6.07 Å². The van der Waals surface area contributed by atoms with Crippen molar-refractivity contribution in [2.75, 3.05) is 0 Å². The van der Waals surface area contributed by atoms with Crippen LogP contribution in [0.1, 0.15) is 36.0 Å². The van der Waals surface area contributed by atoms with Crippen LogP contribution in [-0.2, 0) is 4.79 Å². The van der Waals surface area contributed by atoms with E-state index in [9.17, 15) is 14.3 Å². The first kappa shape index (κ1) is 10.1. The van der Waals surface area contributed by atoms with Gasteiger partial charge >= 0.3 is 5.97 Å². The predicted molar refractivity (Wildman–Crippen MR) is 51.0 cm³/mol. The Morgan fingerprint density at radius 3 is 2.60 bits per heavy atom. The molecule has 0 spiro atoms. The van der Waals surface area contributed by atoms with Crippen molar-refractivity contribution < 1.29 is 19.4 Å². The molecule has 1 aromatic rings. The van der Waals surface area contributed by atoms with Crippen molar-refractivity contribution in [2.24, 2.45) is 0 Å². The number of rotatable bonds is 3. The van der Waals surface area contributed by atoms with E-state index in [4.69, 9.17) is 5.11 Å². The van der Waals surface area contributed by atoms with Gasteiger partial charge in [-0.2, -0.15) is 0 Å². The summed E-state index contributed by atoms with van der Waals surface area (Å²) in [6.45, 7) is 0. The van der Waals surface area contributed by atoms with Crippen molar-refractivity contribution in [2.45, 2.75) is 24.9 Å². The van der Waals surface area contributed by atoms with Crippen LogP contribution >= 0.6 is 0 Å². The van der Waals surface area contributed by atoms with Gasteiger partial charge in [-0.15, -0.1) is 0 Å². The quantitative estimate of drug-likeness (QED) is 0.800. The summed E-state index contributed by atoms with van der Waals surface area (Å²) < 4.78 is 13.5. The zero-order valence-corrected chi connectivity index (χ0v) is 7.98. The molecule has 80 valence electrons.